The van der Waals surface area contributed by atoms with Crippen LogP contribution in [0.15, 0.2) is 18.2 Å². The molecule has 1 rings (SSSR count). The Hall–Kier alpha value is -1.09. The van der Waals surface area contributed by atoms with E-state index in [-0.39, 0.29) is 5.82 Å². The van der Waals surface area contributed by atoms with E-state index in [2.05, 4.69) is 0 Å². The van der Waals surface area contributed by atoms with Gasteiger partial charge in [-0.15, -0.1) is 0 Å². The monoisotopic (exact) mass is 211 g/mol. The van der Waals surface area contributed by atoms with E-state index in [0.29, 0.717) is 11.3 Å². The Kier molecular flexibility index (Phi) is 4.09. The molecule has 0 radical (unpaired) electrons. The first-order valence-corrected chi connectivity index (χ1v) is 5.25. The number of para-hydroxylation sites is 1. The van der Waals surface area contributed by atoms with E-state index >= 15 is 0 Å². The van der Waals surface area contributed by atoms with Crippen molar-refractivity contribution in [1.82, 2.24) is 0 Å². The molecular weight excluding hydrogens is 193 g/mol. The second kappa shape index (κ2) is 5.12. The van der Waals surface area contributed by atoms with Crippen molar-refractivity contribution in [2.24, 2.45) is 0 Å². The SMILES string of the molecule is CCCN(C)c1c(F)cccc1C(C)O. The van der Waals surface area contributed by atoms with Crippen LogP contribution in [-0.2, 0) is 0 Å². The van der Waals surface area contributed by atoms with Crippen LogP contribution in [0.4, 0.5) is 10.1 Å². The minimum absolute atomic E-state index is 0.274. The van der Waals surface area contributed by atoms with Gasteiger partial charge in [0.2, 0.25) is 0 Å². The smallest absolute Gasteiger partial charge is 0.146 e. The number of hydrogen-bond acceptors (Lipinski definition) is 2. The van der Waals surface area contributed by atoms with Gasteiger partial charge in [0.15, 0.2) is 0 Å². The lowest BCUT2D eigenvalue weighted by Gasteiger charge is -2.23. The van der Waals surface area contributed by atoms with Crippen molar-refractivity contribution in [3.05, 3.63) is 29.6 Å². The summed E-state index contributed by atoms with van der Waals surface area (Å²) in [4.78, 5) is 1.84. The molecule has 2 nitrogen and oxygen atoms in total. The molecule has 1 atom stereocenters. The Balaban J connectivity index is 3.12. The Morgan fingerprint density at radius 1 is 1.47 bits per heavy atom. The highest BCUT2D eigenvalue weighted by atomic mass is 19.1. The standard InChI is InChI=1S/C12H18FNO/c1-4-8-14(3)12-10(9(2)15)6-5-7-11(12)13/h5-7,9,15H,4,8H2,1-3H3. The van der Waals surface area contributed by atoms with Crippen LogP contribution in [0.25, 0.3) is 0 Å². The molecule has 1 N–H and O–H groups in total. The highest BCUT2D eigenvalue weighted by molar-refractivity contribution is 5.55. The normalized spacial score (nSPS) is 12.6. The molecule has 84 valence electrons. The Labute approximate surface area is 90.3 Å². The number of aliphatic hydroxyl groups is 1. The van der Waals surface area contributed by atoms with E-state index in [0.717, 1.165) is 13.0 Å². The summed E-state index contributed by atoms with van der Waals surface area (Å²) in [6, 6.07) is 4.81. The van der Waals surface area contributed by atoms with E-state index in [1.165, 1.54) is 6.07 Å². The van der Waals surface area contributed by atoms with E-state index in [1.807, 2.05) is 18.9 Å². The van der Waals surface area contributed by atoms with Gasteiger partial charge in [-0.2, -0.15) is 0 Å². The van der Waals surface area contributed by atoms with Crippen molar-refractivity contribution < 1.29 is 9.50 Å². The maximum atomic E-state index is 13.6. The molecule has 0 aromatic heterocycles. The number of halogens is 1. The van der Waals surface area contributed by atoms with Crippen LogP contribution in [0.5, 0.6) is 0 Å². The van der Waals surface area contributed by atoms with Gasteiger partial charge in [0.05, 0.1) is 11.8 Å². The molecule has 0 heterocycles. The summed E-state index contributed by atoms with van der Waals surface area (Å²) < 4.78 is 13.6. The summed E-state index contributed by atoms with van der Waals surface area (Å²) in [6.45, 7) is 4.47. The molecule has 0 spiro atoms. The molecule has 1 unspecified atom stereocenters. The van der Waals surface area contributed by atoms with Gasteiger partial charge in [-0.1, -0.05) is 19.1 Å². The molecule has 0 bridgehead atoms. The largest absolute Gasteiger partial charge is 0.389 e. The summed E-state index contributed by atoms with van der Waals surface area (Å²) in [5, 5.41) is 9.55. The van der Waals surface area contributed by atoms with Crippen molar-refractivity contribution in [2.75, 3.05) is 18.5 Å². The molecule has 0 fully saturated rings. The Bertz CT molecular complexity index is 325. The number of nitrogens with zero attached hydrogens (tertiary/aromatic N) is 1. The van der Waals surface area contributed by atoms with Crippen LogP contribution in [0.2, 0.25) is 0 Å². The van der Waals surface area contributed by atoms with E-state index in [4.69, 9.17) is 0 Å². The third-order valence-corrected chi connectivity index (χ3v) is 2.41. The molecule has 0 saturated carbocycles. The number of rotatable bonds is 4. The van der Waals surface area contributed by atoms with E-state index in [9.17, 15) is 9.50 Å². The van der Waals surface area contributed by atoms with Gasteiger partial charge in [-0.25, -0.2) is 4.39 Å². The lowest BCUT2D eigenvalue weighted by Crippen LogP contribution is -2.21. The molecule has 0 aliphatic carbocycles. The molecular formula is C12H18FNO. The number of hydrogen-bond donors (Lipinski definition) is 1. The number of anilines is 1. The fraction of sp³-hybridized carbons (Fsp3) is 0.500. The van der Waals surface area contributed by atoms with Crippen molar-refractivity contribution in [2.45, 2.75) is 26.4 Å². The first kappa shape index (κ1) is 12.0. The van der Waals surface area contributed by atoms with Crippen molar-refractivity contribution >= 4 is 5.69 Å². The third-order valence-electron chi connectivity index (χ3n) is 2.41. The van der Waals surface area contributed by atoms with Gasteiger partial charge >= 0.3 is 0 Å². The van der Waals surface area contributed by atoms with Crippen molar-refractivity contribution in [1.29, 1.82) is 0 Å². The molecule has 0 aliphatic heterocycles. The zero-order valence-corrected chi connectivity index (χ0v) is 9.50. The van der Waals surface area contributed by atoms with Gasteiger partial charge < -0.3 is 10.0 Å². The quantitative estimate of drug-likeness (QED) is 0.827. The minimum Gasteiger partial charge on any atom is -0.389 e. The van der Waals surface area contributed by atoms with Gasteiger partial charge in [0.1, 0.15) is 5.82 Å². The van der Waals surface area contributed by atoms with Crippen molar-refractivity contribution in [3.63, 3.8) is 0 Å². The van der Waals surface area contributed by atoms with Gasteiger partial charge in [0, 0.05) is 19.2 Å². The predicted molar refractivity (Wildman–Crippen MR) is 60.6 cm³/mol. The van der Waals surface area contributed by atoms with Crippen LogP contribution in [0.3, 0.4) is 0 Å². The van der Waals surface area contributed by atoms with Crippen molar-refractivity contribution in [3.8, 4) is 0 Å². The second-order valence-electron chi connectivity index (χ2n) is 3.78. The van der Waals surface area contributed by atoms with Gasteiger partial charge in [-0.05, 0) is 19.4 Å². The summed E-state index contributed by atoms with van der Waals surface area (Å²) in [7, 11) is 1.84. The molecule has 0 saturated heterocycles. The molecule has 0 amide bonds. The topological polar surface area (TPSA) is 23.5 Å². The summed E-state index contributed by atoms with van der Waals surface area (Å²) in [6.07, 6.45) is 0.305. The van der Waals surface area contributed by atoms with Gasteiger partial charge in [0.25, 0.3) is 0 Å². The number of benzene rings is 1. The van der Waals surface area contributed by atoms with Gasteiger partial charge in [-0.3, -0.25) is 0 Å². The summed E-state index contributed by atoms with van der Waals surface area (Å²) in [5.41, 5.74) is 1.15. The maximum Gasteiger partial charge on any atom is 0.146 e. The second-order valence-corrected chi connectivity index (χ2v) is 3.78. The molecule has 1 aromatic carbocycles. The summed E-state index contributed by atoms with van der Waals surface area (Å²) >= 11 is 0. The lowest BCUT2D eigenvalue weighted by molar-refractivity contribution is 0.199. The Morgan fingerprint density at radius 2 is 2.13 bits per heavy atom. The highest BCUT2D eigenvalue weighted by Gasteiger charge is 2.15. The average molecular weight is 211 g/mol. The van der Waals surface area contributed by atoms with Crippen LogP contribution in [-0.4, -0.2) is 18.7 Å². The third kappa shape index (κ3) is 2.69. The zero-order valence-electron chi connectivity index (χ0n) is 9.50. The highest BCUT2D eigenvalue weighted by Crippen LogP contribution is 2.28. The summed E-state index contributed by atoms with van der Waals surface area (Å²) in [5.74, 6) is -0.274. The Morgan fingerprint density at radius 3 is 2.67 bits per heavy atom. The van der Waals surface area contributed by atoms with Crippen LogP contribution in [0, 0.1) is 5.82 Å². The number of aliphatic hydroxyl groups excluding tert-OH is 1. The van der Waals surface area contributed by atoms with Crippen LogP contribution >= 0.6 is 0 Å². The lowest BCUT2D eigenvalue weighted by atomic mass is 10.1. The molecule has 1 aromatic rings. The maximum absolute atomic E-state index is 13.6. The average Bonchev–Trinajstić information content (AvgIpc) is 2.17. The first-order chi connectivity index (χ1) is 7.07. The molecule has 3 heteroatoms. The van der Waals surface area contributed by atoms with Crippen LogP contribution < -0.4 is 4.90 Å². The fourth-order valence-electron chi connectivity index (χ4n) is 1.72. The molecule has 0 aliphatic rings. The van der Waals surface area contributed by atoms with E-state index < -0.39 is 6.10 Å². The van der Waals surface area contributed by atoms with E-state index in [1.54, 1.807) is 19.1 Å². The zero-order chi connectivity index (χ0) is 11.4. The fourth-order valence-corrected chi connectivity index (χ4v) is 1.72. The predicted octanol–water partition coefficient (Wildman–Crippen LogP) is 2.73. The van der Waals surface area contributed by atoms with Crippen LogP contribution in [0.1, 0.15) is 31.9 Å². The molecule has 15 heavy (non-hydrogen) atoms. The first-order valence-electron chi connectivity index (χ1n) is 5.25. The minimum atomic E-state index is -0.644.